The van der Waals surface area contributed by atoms with E-state index in [2.05, 4.69) is 31.9 Å². The van der Waals surface area contributed by atoms with Crippen molar-refractivity contribution >= 4 is 43.8 Å². The van der Waals surface area contributed by atoms with E-state index in [1.165, 1.54) is 12.1 Å². The topological polar surface area (TPSA) is 102 Å². The number of benzene rings is 4. The number of hydrogen-bond donors (Lipinski definition) is 2. The van der Waals surface area contributed by atoms with Crippen LogP contribution in [0.5, 0.6) is 11.5 Å². The van der Waals surface area contributed by atoms with Crippen LogP contribution >= 0.6 is 31.9 Å². The molecule has 2 N–H and O–H groups in total. The number of phenols is 1. The molecule has 0 heterocycles. The molecule has 0 bridgehead atoms. The van der Waals surface area contributed by atoms with Crippen molar-refractivity contribution < 1.29 is 42.8 Å². The molecule has 0 unspecified atom stereocenters. The average molecular weight is 857 g/mol. The number of aromatic hydroxyl groups is 1. The van der Waals surface area contributed by atoms with E-state index in [-0.39, 0.29) is 59.1 Å². The van der Waals surface area contributed by atoms with Gasteiger partial charge in [0.15, 0.2) is 0 Å². The first-order valence-corrected chi connectivity index (χ1v) is 19.6. The molecule has 4 aliphatic carbocycles. The lowest BCUT2D eigenvalue weighted by Gasteiger charge is -2.16. The Morgan fingerprint density at radius 1 is 0.698 bits per heavy atom. The number of carbonyl (C=O) groups excluding carboxylic acids is 2. The van der Waals surface area contributed by atoms with Crippen LogP contribution in [-0.2, 0) is 31.9 Å². The molecule has 7 nitrogen and oxygen atoms in total. The molecule has 0 aromatic heterocycles. The smallest absolute Gasteiger partial charge is 0.309 e. The Kier molecular flexibility index (Phi) is 12.6. The highest BCUT2D eigenvalue weighted by Crippen LogP contribution is 2.49. The van der Waals surface area contributed by atoms with Crippen molar-refractivity contribution in [3.8, 4) is 11.5 Å². The molecule has 0 radical (unpaired) electrons. The minimum Gasteiger partial charge on any atom is -0.508 e. The molecule has 2 fully saturated rings. The highest BCUT2D eigenvalue weighted by Gasteiger charge is 2.46. The van der Waals surface area contributed by atoms with E-state index >= 15 is 0 Å². The number of esters is 2. The second-order valence-corrected chi connectivity index (χ2v) is 15.3. The van der Waals surface area contributed by atoms with Crippen LogP contribution in [0, 0.1) is 23.5 Å². The minimum atomic E-state index is -0.613. The van der Waals surface area contributed by atoms with E-state index in [1.807, 2.05) is 50.2 Å². The second kappa shape index (κ2) is 17.1. The number of ether oxygens (including phenoxy) is 3. The molecule has 53 heavy (non-hydrogen) atoms. The maximum atomic E-state index is 14.2. The summed E-state index contributed by atoms with van der Waals surface area (Å²) in [7, 11) is 0. The van der Waals surface area contributed by atoms with Gasteiger partial charge in [-0.25, -0.2) is 8.78 Å². The average Bonchev–Trinajstić information content (AvgIpc) is 4.05. The molecule has 4 aromatic carbocycles. The molecule has 0 saturated heterocycles. The number of halogens is 4. The Morgan fingerprint density at radius 2 is 1.17 bits per heavy atom. The summed E-state index contributed by atoms with van der Waals surface area (Å²) in [6, 6.07) is 21.1. The van der Waals surface area contributed by atoms with Crippen LogP contribution in [0.2, 0.25) is 0 Å². The van der Waals surface area contributed by atoms with Crippen LogP contribution < -0.4 is 4.74 Å². The lowest BCUT2D eigenvalue weighted by molar-refractivity contribution is -0.145. The first kappa shape index (κ1) is 38.9. The second-order valence-electron chi connectivity index (χ2n) is 13.6. The molecule has 8 rings (SSSR count). The monoisotopic (exact) mass is 854 g/mol. The zero-order valence-corrected chi connectivity index (χ0v) is 32.7. The minimum absolute atomic E-state index is 0.0186. The molecule has 11 heteroatoms. The highest BCUT2D eigenvalue weighted by atomic mass is 79.9. The molecule has 0 spiro atoms. The number of phenolic OH excluding ortho intramolecular Hbond substituents is 1. The van der Waals surface area contributed by atoms with Gasteiger partial charge in [-0.05, 0) is 135 Å². The quantitative estimate of drug-likeness (QED) is 0.170. The van der Waals surface area contributed by atoms with Crippen LogP contribution in [-0.4, -0.2) is 35.4 Å². The number of hydrogen-bond acceptors (Lipinski definition) is 7. The molecular formula is C42H42Br2F2O7. The lowest BCUT2D eigenvalue weighted by atomic mass is 10.1. The zero-order valence-electron chi connectivity index (χ0n) is 29.5. The van der Waals surface area contributed by atoms with Gasteiger partial charge in [-0.1, -0.05) is 56.1 Å². The van der Waals surface area contributed by atoms with E-state index in [9.17, 15) is 23.5 Å². The van der Waals surface area contributed by atoms with Gasteiger partial charge in [-0.2, -0.15) is 0 Å². The number of rotatable bonds is 8. The van der Waals surface area contributed by atoms with Crippen LogP contribution in [0.3, 0.4) is 0 Å². The van der Waals surface area contributed by atoms with Crippen LogP contribution in [0.25, 0.3) is 0 Å². The van der Waals surface area contributed by atoms with E-state index in [0.717, 1.165) is 69.1 Å². The molecule has 0 aliphatic heterocycles. The summed E-state index contributed by atoms with van der Waals surface area (Å²) in [6.07, 6.45) is 3.80. The Labute approximate surface area is 324 Å². The first-order valence-electron chi connectivity index (χ1n) is 18.0. The van der Waals surface area contributed by atoms with Crippen molar-refractivity contribution in [1.82, 2.24) is 0 Å². The van der Waals surface area contributed by atoms with Gasteiger partial charge >= 0.3 is 11.9 Å². The zero-order chi connectivity index (χ0) is 37.8. The summed E-state index contributed by atoms with van der Waals surface area (Å²) >= 11 is 6.83. The molecule has 4 aliphatic rings. The van der Waals surface area contributed by atoms with Gasteiger partial charge in [0.05, 0.1) is 31.2 Å². The van der Waals surface area contributed by atoms with Gasteiger partial charge in [0, 0.05) is 20.1 Å². The predicted octanol–water partition coefficient (Wildman–Crippen LogP) is 9.95. The molecular weight excluding hydrogens is 814 g/mol. The third-order valence-electron chi connectivity index (χ3n) is 10.1. The SMILES string of the molecule is CCOC(=O)[C@H]1C[C@@H]1c1ccc(O)cc1.CCOC(=O)[C@H]1C[C@@H]1c1ccc(O[C@@H]2CCc3c(Br)ccc(F)c32)cc1.O[C@H]1CCc2c(Br)ccc(F)c21. The fourth-order valence-corrected chi connectivity index (χ4v) is 8.31. The number of aliphatic hydroxyl groups excluding tert-OH is 1. The van der Waals surface area contributed by atoms with Crippen LogP contribution in [0.1, 0.15) is 97.0 Å². The molecule has 6 atom stereocenters. The van der Waals surface area contributed by atoms with Crippen molar-refractivity contribution in [2.75, 3.05) is 13.2 Å². The summed E-state index contributed by atoms with van der Waals surface area (Å²) in [5, 5.41) is 18.6. The summed E-state index contributed by atoms with van der Waals surface area (Å²) < 4.78 is 45.3. The van der Waals surface area contributed by atoms with E-state index in [0.29, 0.717) is 30.8 Å². The number of fused-ring (bicyclic) bond motifs is 2. The Hall–Kier alpha value is -3.80. The van der Waals surface area contributed by atoms with Crippen molar-refractivity contribution in [2.45, 2.75) is 76.4 Å². The highest BCUT2D eigenvalue weighted by molar-refractivity contribution is 9.10. The van der Waals surface area contributed by atoms with Crippen molar-refractivity contribution in [2.24, 2.45) is 11.8 Å². The van der Waals surface area contributed by atoms with Gasteiger partial charge in [0.25, 0.3) is 0 Å². The predicted molar refractivity (Wildman–Crippen MR) is 203 cm³/mol. The van der Waals surface area contributed by atoms with E-state index < -0.39 is 6.10 Å². The Balaban J connectivity index is 0.000000150. The molecule has 2 saturated carbocycles. The standard InChI is InChI=1S/C21H20BrFO3.C12H14O3.C9H8BrFO/c1-2-25-21(24)16-11-15(16)12-3-5-13(6-4-12)26-19-10-7-14-17(22)8-9-18(23)20(14)19;1-2-15-12(14)11-7-10(11)8-3-5-9(13)6-4-8;10-6-2-3-7(11)9-5(6)1-4-8(9)12/h3-6,8-9,15-16,19H,2,7,10-11H2,1H3;3-6,10-11,13H,2,7H2,1H3;2-3,8,12H,1,4H2/t15-,16+,19-;10-,11+;8-/m110/s1. The van der Waals surface area contributed by atoms with Crippen LogP contribution in [0.4, 0.5) is 8.78 Å². The van der Waals surface area contributed by atoms with Crippen molar-refractivity contribution in [3.63, 3.8) is 0 Å². The third kappa shape index (κ3) is 9.12. The molecule has 280 valence electrons. The van der Waals surface area contributed by atoms with E-state index in [4.69, 9.17) is 19.3 Å². The summed E-state index contributed by atoms with van der Waals surface area (Å²) in [5.74, 6) is 0.789. The molecule has 4 aromatic rings. The van der Waals surface area contributed by atoms with Crippen LogP contribution in [0.15, 0.2) is 81.7 Å². The van der Waals surface area contributed by atoms with Gasteiger partial charge < -0.3 is 24.4 Å². The Morgan fingerprint density at radius 3 is 1.68 bits per heavy atom. The number of carbonyl (C=O) groups is 2. The first-order chi connectivity index (χ1) is 25.5. The van der Waals surface area contributed by atoms with Crippen molar-refractivity contribution in [1.29, 1.82) is 0 Å². The summed E-state index contributed by atoms with van der Waals surface area (Å²) in [5.41, 5.74) is 5.28. The Bertz CT molecular complexity index is 1940. The van der Waals surface area contributed by atoms with Gasteiger partial charge in [-0.15, -0.1) is 0 Å². The van der Waals surface area contributed by atoms with Gasteiger partial charge in [0.2, 0.25) is 0 Å². The third-order valence-corrected chi connectivity index (χ3v) is 11.6. The molecule has 0 amide bonds. The normalized spacial score (nSPS) is 22.9. The fourth-order valence-electron chi connectivity index (χ4n) is 7.22. The van der Waals surface area contributed by atoms with Gasteiger partial charge in [0.1, 0.15) is 29.2 Å². The van der Waals surface area contributed by atoms with Gasteiger partial charge in [-0.3, -0.25) is 9.59 Å². The largest absolute Gasteiger partial charge is 0.508 e. The summed E-state index contributed by atoms with van der Waals surface area (Å²) in [6.45, 7) is 4.50. The lowest BCUT2D eigenvalue weighted by Crippen LogP contribution is -2.07. The maximum absolute atomic E-state index is 14.2. The van der Waals surface area contributed by atoms with Crippen molar-refractivity contribution in [3.05, 3.63) is 127 Å². The van der Waals surface area contributed by atoms with E-state index in [1.54, 1.807) is 24.3 Å². The summed E-state index contributed by atoms with van der Waals surface area (Å²) in [4.78, 5) is 23.2. The maximum Gasteiger partial charge on any atom is 0.309 e. The number of aliphatic hydroxyl groups is 1. The fraction of sp³-hybridized carbons (Fsp3) is 0.381.